The molecule has 6 heteroatoms. The first kappa shape index (κ1) is 14.9. The molecule has 0 amide bonds. The van der Waals surface area contributed by atoms with Crippen LogP contribution in [0.2, 0.25) is 0 Å². The third-order valence-corrected chi connectivity index (χ3v) is 5.23. The van der Waals surface area contributed by atoms with E-state index in [4.69, 9.17) is 5.73 Å². The Labute approximate surface area is 104 Å². The van der Waals surface area contributed by atoms with Gasteiger partial charge in [-0.2, -0.15) is 0 Å². The average Bonchev–Trinajstić information content (AvgIpc) is 2.40. The average molecular weight is 264 g/mol. The molecule has 1 heterocycles. The van der Waals surface area contributed by atoms with Crippen LogP contribution in [0.4, 0.5) is 0 Å². The van der Waals surface area contributed by atoms with E-state index in [9.17, 15) is 13.5 Å². The highest BCUT2D eigenvalue weighted by molar-refractivity contribution is 7.89. The van der Waals surface area contributed by atoms with E-state index in [1.807, 2.05) is 0 Å². The van der Waals surface area contributed by atoms with E-state index < -0.39 is 15.6 Å². The number of aliphatic hydroxyl groups is 1. The molecule has 0 aromatic heterocycles. The van der Waals surface area contributed by atoms with Gasteiger partial charge in [0.25, 0.3) is 0 Å². The predicted molar refractivity (Wildman–Crippen MR) is 68.1 cm³/mol. The molecule has 102 valence electrons. The van der Waals surface area contributed by atoms with E-state index in [2.05, 4.69) is 0 Å². The summed E-state index contributed by atoms with van der Waals surface area (Å²) in [6.07, 6.45) is 3.27. The van der Waals surface area contributed by atoms with Gasteiger partial charge in [-0.05, 0) is 45.6 Å². The number of hydrogen-bond acceptors (Lipinski definition) is 4. The Bertz CT molecular complexity index is 328. The fourth-order valence-corrected chi connectivity index (χ4v) is 3.68. The molecule has 5 nitrogen and oxygen atoms in total. The van der Waals surface area contributed by atoms with Crippen molar-refractivity contribution in [2.24, 2.45) is 5.73 Å². The van der Waals surface area contributed by atoms with Crippen LogP contribution >= 0.6 is 0 Å². The van der Waals surface area contributed by atoms with Crippen molar-refractivity contribution >= 4 is 10.0 Å². The van der Waals surface area contributed by atoms with Crippen LogP contribution in [0, 0.1) is 0 Å². The molecule has 1 unspecified atom stereocenters. The van der Waals surface area contributed by atoms with Crippen LogP contribution in [-0.4, -0.2) is 48.8 Å². The van der Waals surface area contributed by atoms with Crippen molar-refractivity contribution in [1.29, 1.82) is 0 Å². The molecule has 1 atom stereocenters. The highest BCUT2D eigenvalue weighted by Crippen LogP contribution is 2.23. The predicted octanol–water partition coefficient (Wildman–Crippen LogP) is 0.292. The molecular weight excluding hydrogens is 240 g/mol. The van der Waals surface area contributed by atoms with E-state index in [1.165, 1.54) is 4.31 Å². The minimum atomic E-state index is -3.16. The van der Waals surface area contributed by atoms with Gasteiger partial charge < -0.3 is 10.8 Å². The molecular formula is C11H24N2O3S. The van der Waals surface area contributed by atoms with Gasteiger partial charge >= 0.3 is 0 Å². The van der Waals surface area contributed by atoms with Crippen LogP contribution in [-0.2, 0) is 10.0 Å². The van der Waals surface area contributed by atoms with Crippen molar-refractivity contribution in [3.63, 3.8) is 0 Å². The maximum absolute atomic E-state index is 12.0. The fourth-order valence-electron chi connectivity index (χ4n) is 2.07. The van der Waals surface area contributed by atoms with Gasteiger partial charge in [-0.15, -0.1) is 0 Å². The molecule has 0 spiro atoms. The first-order valence-corrected chi connectivity index (χ1v) is 7.89. The summed E-state index contributed by atoms with van der Waals surface area (Å²) in [6.45, 7) is 3.26. The van der Waals surface area contributed by atoms with Crippen LogP contribution in [0.1, 0.15) is 39.0 Å². The zero-order valence-electron chi connectivity index (χ0n) is 10.6. The molecule has 3 N–H and O–H groups in total. The number of sulfonamides is 1. The molecule has 17 heavy (non-hydrogen) atoms. The van der Waals surface area contributed by atoms with Gasteiger partial charge in [-0.25, -0.2) is 12.7 Å². The second-order valence-electron chi connectivity index (χ2n) is 5.06. The van der Waals surface area contributed by atoms with Gasteiger partial charge in [0.1, 0.15) is 0 Å². The molecule has 0 aliphatic carbocycles. The zero-order valence-corrected chi connectivity index (χ0v) is 11.4. The van der Waals surface area contributed by atoms with Crippen molar-refractivity contribution < 1.29 is 13.5 Å². The lowest BCUT2D eigenvalue weighted by Gasteiger charge is -2.22. The third kappa shape index (κ3) is 4.91. The van der Waals surface area contributed by atoms with Crippen LogP contribution < -0.4 is 5.73 Å². The molecule has 0 aromatic carbocycles. The summed E-state index contributed by atoms with van der Waals surface area (Å²) in [7, 11) is -3.16. The van der Waals surface area contributed by atoms with Crippen LogP contribution in [0.15, 0.2) is 0 Å². The summed E-state index contributed by atoms with van der Waals surface area (Å²) >= 11 is 0. The Kier molecular flexibility index (Phi) is 5.37. The van der Waals surface area contributed by atoms with Crippen molar-refractivity contribution in [2.45, 2.75) is 44.6 Å². The Balaban J connectivity index is 2.54. The van der Waals surface area contributed by atoms with Crippen LogP contribution in [0.25, 0.3) is 0 Å². The summed E-state index contributed by atoms with van der Waals surface area (Å²) in [5.41, 5.74) is 4.63. The Morgan fingerprint density at radius 1 is 1.29 bits per heavy atom. The SMILES string of the molecule is CC1(O)CCCN(S(=O)(=O)CCCCN)CC1. The molecule has 1 fully saturated rings. The maximum Gasteiger partial charge on any atom is 0.214 e. The Morgan fingerprint density at radius 2 is 2.00 bits per heavy atom. The molecule has 1 saturated heterocycles. The highest BCUT2D eigenvalue weighted by Gasteiger charge is 2.29. The number of unbranched alkanes of at least 4 members (excludes halogenated alkanes) is 1. The highest BCUT2D eigenvalue weighted by atomic mass is 32.2. The Morgan fingerprint density at radius 3 is 2.65 bits per heavy atom. The largest absolute Gasteiger partial charge is 0.390 e. The topological polar surface area (TPSA) is 83.6 Å². The van der Waals surface area contributed by atoms with E-state index in [1.54, 1.807) is 6.92 Å². The van der Waals surface area contributed by atoms with Crippen molar-refractivity contribution in [1.82, 2.24) is 4.31 Å². The molecule has 0 bridgehead atoms. The number of hydrogen-bond donors (Lipinski definition) is 2. The monoisotopic (exact) mass is 264 g/mol. The van der Waals surface area contributed by atoms with Crippen molar-refractivity contribution in [2.75, 3.05) is 25.4 Å². The number of rotatable bonds is 5. The van der Waals surface area contributed by atoms with Gasteiger partial charge in [0, 0.05) is 13.1 Å². The van der Waals surface area contributed by atoms with Gasteiger partial charge in [0.15, 0.2) is 0 Å². The number of nitrogens with zero attached hydrogens (tertiary/aromatic N) is 1. The molecule has 1 aliphatic rings. The lowest BCUT2D eigenvalue weighted by molar-refractivity contribution is 0.0465. The van der Waals surface area contributed by atoms with Crippen LogP contribution in [0.5, 0.6) is 0 Å². The summed E-state index contributed by atoms with van der Waals surface area (Å²) in [6, 6.07) is 0. The summed E-state index contributed by atoms with van der Waals surface area (Å²) in [5.74, 6) is 0.173. The summed E-state index contributed by atoms with van der Waals surface area (Å²) in [4.78, 5) is 0. The lowest BCUT2D eigenvalue weighted by atomic mass is 9.98. The lowest BCUT2D eigenvalue weighted by Crippen LogP contribution is -2.35. The van der Waals surface area contributed by atoms with Crippen molar-refractivity contribution in [3.05, 3.63) is 0 Å². The minimum Gasteiger partial charge on any atom is -0.390 e. The first-order chi connectivity index (χ1) is 7.87. The first-order valence-electron chi connectivity index (χ1n) is 6.28. The zero-order chi connectivity index (χ0) is 12.9. The van der Waals surface area contributed by atoms with E-state index in [-0.39, 0.29) is 5.75 Å². The standard InChI is InChI=1S/C11H24N2O3S/c1-11(14)5-4-8-13(9-6-11)17(15,16)10-3-2-7-12/h14H,2-10,12H2,1H3. The Hall–Kier alpha value is -0.170. The van der Waals surface area contributed by atoms with Crippen molar-refractivity contribution in [3.8, 4) is 0 Å². The van der Waals surface area contributed by atoms with E-state index >= 15 is 0 Å². The van der Waals surface area contributed by atoms with E-state index in [0.29, 0.717) is 38.9 Å². The smallest absolute Gasteiger partial charge is 0.214 e. The maximum atomic E-state index is 12.0. The van der Waals surface area contributed by atoms with Gasteiger partial charge in [-0.3, -0.25) is 0 Å². The summed E-state index contributed by atoms with van der Waals surface area (Å²) in [5, 5.41) is 9.91. The minimum absolute atomic E-state index is 0.173. The van der Waals surface area contributed by atoms with Gasteiger partial charge in [0.2, 0.25) is 10.0 Å². The second kappa shape index (κ2) is 6.13. The fraction of sp³-hybridized carbons (Fsp3) is 1.00. The van der Waals surface area contributed by atoms with Gasteiger partial charge in [0.05, 0.1) is 11.4 Å². The second-order valence-corrected chi connectivity index (χ2v) is 7.15. The molecule has 1 aliphatic heterocycles. The molecule has 1 rings (SSSR count). The number of nitrogens with two attached hydrogens (primary N) is 1. The van der Waals surface area contributed by atoms with Gasteiger partial charge in [-0.1, -0.05) is 0 Å². The normalized spacial score (nSPS) is 27.9. The molecule has 0 saturated carbocycles. The summed E-state index contributed by atoms with van der Waals surface area (Å²) < 4.78 is 25.6. The van der Waals surface area contributed by atoms with E-state index in [0.717, 1.165) is 12.8 Å². The van der Waals surface area contributed by atoms with Crippen LogP contribution in [0.3, 0.4) is 0 Å². The quantitative estimate of drug-likeness (QED) is 0.699. The molecule has 0 radical (unpaired) electrons. The molecule has 0 aromatic rings. The third-order valence-electron chi connectivity index (χ3n) is 3.27.